The number of amides is 3. The molecule has 8 heteroatoms. The number of nitrogens with zero attached hydrogens (tertiary/aromatic N) is 2. The Hall–Kier alpha value is -3.52. The Morgan fingerprint density at radius 1 is 1.09 bits per heavy atom. The molecule has 0 radical (unpaired) electrons. The predicted molar refractivity (Wildman–Crippen MR) is 128 cm³/mol. The lowest BCUT2D eigenvalue weighted by Gasteiger charge is -2.20. The number of fused-ring (bicyclic) bond motifs is 2. The second-order valence-corrected chi connectivity index (χ2v) is 9.24. The molecule has 7 nitrogen and oxygen atoms in total. The first kappa shape index (κ1) is 21.3. The second-order valence-electron chi connectivity index (χ2n) is 8.36. The van der Waals surface area contributed by atoms with Crippen molar-refractivity contribution in [3.05, 3.63) is 72.1 Å². The maximum atomic E-state index is 13.5. The third kappa shape index (κ3) is 3.91. The lowest BCUT2D eigenvalue weighted by Crippen LogP contribution is -2.41. The fourth-order valence-corrected chi connectivity index (χ4v) is 4.94. The number of carbonyl (C=O) groups excluding carboxylic acids is 3. The van der Waals surface area contributed by atoms with Crippen LogP contribution in [0.2, 0.25) is 0 Å². The number of rotatable bonds is 4. The highest BCUT2D eigenvalue weighted by Crippen LogP contribution is 2.32. The van der Waals surface area contributed by atoms with Crippen LogP contribution in [-0.4, -0.2) is 52.1 Å². The van der Waals surface area contributed by atoms with E-state index < -0.39 is 6.04 Å². The van der Waals surface area contributed by atoms with Crippen LogP contribution in [0.15, 0.2) is 65.7 Å². The average molecular weight is 461 g/mol. The summed E-state index contributed by atoms with van der Waals surface area (Å²) < 4.78 is 1.74. The summed E-state index contributed by atoms with van der Waals surface area (Å²) in [7, 11) is 1.80. The molecule has 2 aliphatic rings. The summed E-state index contributed by atoms with van der Waals surface area (Å²) in [6.07, 6.45) is 4.21. The number of nitrogens with one attached hydrogen (secondary N) is 2. The van der Waals surface area contributed by atoms with E-state index in [1.165, 1.54) is 4.90 Å². The van der Waals surface area contributed by atoms with Crippen LogP contribution < -0.4 is 10.6 Å². The molecule has 0 bridgehead atoms. The van der Waals surface area contributed by atoms with Crippen LogP contribution >= 0.6 is 11.8 Å². The van der Waals surface area contributed by atoms with Crippen molar-refractivity contribution >= 4 is 35.2 Å². The Kier molecular flexibility index (Phi) is 5.46. The van der Waals surface area contributed by atoms with Crippen molar-refractivity contribution in [1.82, 2.24) is 14.8 Å². The largest absolute Gasteiger partial charge is 0.347 e. The van der Waals surface area contributed by atoms with Crippen molar-refractivity contribution in [1.29, 1.82) is 0 Å². The SMILES string of the molecule is CSc1ccc(-c2ccc3c(c2)C(=O)N2C[C@@H](NC(=O)c4cccn4C)C[C@H]2C(=O)N3)cc1. The summed E-state index contributed by atoms with van der Waals surface area (Å²) in [6.45, 7) is 0.291. The fraction of sp³-hybridized carbons (Fsp3) is 0.240. The van der Waals surface area contributed by atoms with Gasteiger partial charge in [0.1, 0.15) is 11.7 Å². The molecule has 3 heterocycles. The monoisotopic (exact) mass is 460 g/mol. The van der Waals surface area contributed by atoms with Crippen molar-refractivity contribution in [2.75, 3.05) is 18.1 Å². The van der Waals surface area contributed by atoms with Crippen LogP contribution in [0, 0.1) is 0 Å². The highest BCUT2D eigenvalue weighted by atomic mass is 32.2. The summed E-state index contributed by atoms with van der Waals surface area (Å²) in [5.74, 6) is -0.643. The van der Waals surface area contributed by atoms with Gasteiger partial charge < -0.3 is 20.1 Å². The Morgan fingerprint density at radius 2 is 1.85 bits per heavy atom. The lowest BCUT2D eigenvalue weighted by molar-refractivity contribution is -0.119. The minimum absolute atomic E-state index is 0.202. The highest BCUT2D eigenvalue weighted by molar-refractivity contribution is 7.98. The van der Waals surface area contributed by atoms with E-state index in [0.29, 0.717) is 29.9 Å². The number of carbonyl (C=O) groups is 3. The van der Waals surface area contributed by atoms with Gasteiger partial charge in [0.2, 0.25) is 5.91 Å². The maximum Gasteiger partial charge on any atom is 0.268 e. The summed E-state index contributed by atoms with van der Waals surface area (Å²) in [6, 6.07) is 16.3. The first-order valence-electron chi connectivity index (χ1n) is 10.8. The molecule has 0 saturated carbocycles. The van der Waals surface area contributed by atoms with Crippen LogP contribution in [0.3, 0.4) is 0 Å². The quantitative estimate of drug-likeness (QED) is 0.585. The molecule has 5 rings (SSSR count). The van der Waals surface area contributed by atoms with Gasteiger partial charge in [-0.2, -0.15) is 0 Å². The molecule has 168 valence electrons. The van der Waals surface area contributed by atoms with E-state index in [0.717, 1.165) is 11.1 Å². The Balaban J connectivity index is 1.40. The van der Waals surface area contributed by atoms with E-state index in [2.05, 4.69) is 10.6 Å². The van der Waals surface area contributed by atoms with Crippen LogP contribution in [0.5, 0.6) is 0 Å². The van der Waals surface area contributed by atoms with Crippen molar-refractivity contribution in [3.8, 4) is 11.1 Å². The van der Waals surface area contributed by atoms with Gasteiger partial charge in [-0.15, -0.1) is 11.8 Å². The molecule has 0 unspecified atom stereocenters. The van der Waals surface area contributed by atoms with E-state index in [-0.39, 0.29) is 23.8 Å². The van der Waals surface area contributed by atoms with E-state index in [1.54, 1.807) is 52.7 Å². The predicted octanol–water partition coefficient (Wildman–Crippen LogP) is 3.38. The van der Waals surface area contributed by atoms with Crippen LogP contribution in [-0.2, 0) is 11.8 Å². The van der Waals surface area contributed by atoms with Crippen molar-refractivity contribution in [2.45, 2.75) is 23.4 Å². The number of aryl methyl sites for hydroxylation is 1. The molecule has 33 heavy (non-hydrogen) atoms. The maximum absolute atomic E-state index is 13.5. The van der Waals surface area contributed by atoms with Gasteiger partial charge >= 0.3 is 0 Å². The van der Waals surface area contributed by atoms with Crippen molar-refractivity contribution in [3.63, 3.8) is 0 Å². The third-order valence-electron chi connectivity index (χ3n) is 6.31. The van der Waals surface area contributed by atoms with Crippen LogP contribution in [0.1, 0.15) is 27.3 Å². The molecular formula is C25H24N4O3S. The zero-order valence-electron chi connectivity index (χ0n) is 18.4. The molecule has 3 amide bonds. The van der Waals surface area contributed by atoms with E-state index >= 15 is 0 Å². The first-order chi connectivity index (χ1) is 15.9. The van der Waals surface area contributed by atoms with Crippen molar-refractivity contribution < 1.29 is 14.4 Å². The van der Waals surface area contributed by atoms with E-state index in [1.807, 2.05) is 42.7 Å². The third-order valence-corrected chi connectivity index (χ3v) is 7.05. The molecule has 1 aromatic heterocycles. The van der Waals surface area contributed by atoms with Gasteiger partial charge in [0.05, 0.1) is 11.3 Å². The van der Waals surface area contributed by atoms with Crippen LogP contribution in [0.4, 0.5) is 5.69 Å². The highest BCUT2D eigenvalue weighted by Gasteiger charge is 2.43. The molecule has 2 aliphatic heterocycles. The fourth-order valence-electron chi connectivity index (χ4n) is 4.53. The van der Waals surface area contributed by atoms with E-state index in [4.69, 9.17) is 0 Å². The van der Waals surface area contributed by atoms with Gasteiger partial charge in [-0.1, -0.05) is 18.2 Å². The van der Waals surface area contributed by atoms with Crippen molar-refractivity contribution in [2.24, 2.45) is 7.05 Å². The van der Waals surface area contributed by atoms with Gasteiger partial charge in [-0.3, -0.25) is 14.4 Å². The normalized spacial score (nSPS) is 19.5. The zero-order valence-corrected chi connectivity index (χ0v) is 19.2. The van der Waals surface area contributed by atoms with Gasteiger partial charge in [0.15, 0.2) is 0 Å². The van der Waals surface area contributed by atoms with Crippen LogP contribution in [0.25, 0.3) is 11.1 Å². The molecular weight excluding hydrogens is 436 g/mol. The average Bonchev–Trinajstić information content (AvgIpc) is 3.43. The van der Waals surface area contributed by atoms with E-state index in [9.17, 15) is 14.4 Å². The smallest absolute Gasteiger partial charge is 0.268 e. The molecule has 2 N–H and O–H groups in total. The molecule has 0 aliphatic carbocycles. The van der Waals surface area contributed by atoms with Gasteiger partial charge in [-0.25, -0.2) is 0 Å². The summed E-state index contributed by atoms with van der Waals surface area (Å²) >= 11 is 1.67. The number of anilines is 1. The van der Waals surface area contributed by atoms with Gasteiger partial charge in [0.25, 0.3) is 11.8 Å². The Labute approximate surface area is 196 Å². The number of aromatic nitrogens is 1. The first-order valence-corrected chi connectivity index (χ1v) is 12.0. The zero-order chi connectivity index (χ0) is 23.1. The number of benzene rings is 2. The topological polar surface area (TPSA) is 83.4 Å². The number of hydrogen-bond acceptors (Lipinski definition) is 4. The lowest BCUT2D eigenvalue weighted by atomic mass is 10.0. The summed E-state index contributed by atoms with van der Waals surface area (Å²) in [5.41, 5.74) is 3.44. The summed E-state index contributed by atoms with van der Waals surface area (Å²) in [5, 5.41) is 5.89. The Bertz CT molecular complexity index is 1250. The van der Waals surface area contributed by atoms with Gasteiger partial charge in [0, 0.05) is 30.7 Å². The molecule has 3 aromatic rings. The number of hydrogen-bond donors (Lipinski definition) is 2. The standard InChI is InChI=1S/C25H24N4O3S/c1-28-11-3-4-21(28)23(30)26-17-13-22-24(31)27-20-10-7-16(12-19(20)25(32)29(22)14-17)15-5-8-18(33-2)9-6-15/h3-12,17,22H,13-14H2,1-2H3,(H,26,30)(H,27,31)/t17-,22-/m0/s1. The molecule has 1 fully saturated rings. The Morgan fingerprint density at radius 3 is 2.55 bits per heavy atom. The molecule has 0 spiro atoms. The molecule has 2 atom stereocenters. The second kappa shape index (κ2) is 8.44. The minimum Gasteiger partial charge on any atom is -0.347 e. The van der Waals surface area contributed by atoms with Gasteiger partial charge in [-0.05, 0) is 60.2 Å². The minimum atomic E-state index is -0.618. The number of thioether (sulfide) groups is 1. The summed E-state index contributed by atoms with van der Waals surface area (Å²) in [4.78, 5) is 41.8. The molecule has 2 aromatic carbocycles. The molecule has 1 saturated heterocycles.